The third-order valence-electron chi connectivity index (χ3n) is 4.04. The molecule has 0 bridgehead atoms. The fraction of sp³-hybridized carbons (Fsp3) is 0.500. The lowest BCUT2D eigenvalue weighted by Crippen LogP contribution is -2.49. The Kier molecular flexibility index (Phi) is 2.25. The Bertz CT molecular complexity index is 481. The van der Waals surface area contributed by atoms with Gasteiger partial charge in [-0.3, -0.25) is 0 Å². The lowest BCUT2D eigenvalue weighted by atomic mass is 9.93. The summed E-state index contributed by atoms with van der Waals surface area (Å²) in [7, 11) is 2.13. The SMILES string of the molecule is CN1CC2(CCCC2)Nc2ccc(C#N)cc21. The van der Waals surface area contributed by atoms with Crippen molar-refractivity contribution in [2.45, 2.75) is 31.2 Å². The quantitative estimate of drug-likeness (QED) is 0.740. The van der Waals surface area contributed by atoms with Crippen LogP contribution < -0.4 is 10.2 Å². The van der Waals surface area contributed by atoms with Gasteiger partial charge < -0.3 is 10.2 Å². The molecule has 1 saturated carbocycles. The van der Waals surface area contributed by atoms with Gasteiger partial charge in [0.1, 0.15) is 0 Å². The molecule has 1 spiro atoms. The second-order valence-corrected chi connectivity index (χ2v) is 5.31. The third kappa shape index (κ3) is 1.64. The van der Waals surface area contributed by atoms with E-state index in [9.17, 15) is 0 Å². The van der Waals surface area contributed by atoms with Crippen molar-refractivity contribution in [2.75, 3.05) is 23.8 Å². The molecule has 3 rings (SSSR count). The van der Waals surface area contributed by atoms with Crippen LogP contribution in [0.3, 0.4) is 0 Å². The van der Waals surface area contributed by atoms with E-state index in [-0.39, 0.29) is 5.54 Å². The molecule has 3 heteroatoms. The van der Waals surface area contributed by atoms with Gasteiger partial charge in [0, 0.05) is 13.6 Å². The van der Waals surface area contributed by atoms with Crippen molar-refractivity contribution in [3.05, 3.63) is 23.8 Å². The van der Waals surface area contributed by atoms with Crippen molar-refractivity contribution in [1.82, 2.24) is 0 Å². The van der Waals surface area contributed by atoms with Gasteiger partial charge >= 0.3 is 0 Å². The summed E-state index contributed by atoms with van der Waals surface area (Å²) in [5, 5.41) is 12.6. The highest BCUT2D eigenvalue weighted by Crippen LogP contribution is 2.41. The van der Waals surface area contributed by atoms with Gasteiger partial charge in [-0.1, -0.05) is 12.8 Å². The first-order valence-corrected chi connectivity index (χ1v) is 6.26. The second-order valence-electron chi connectivity index (χ2n) is 5.31. The van der Waals surface area contributed by atoms with Crippen molar-refractivity contribution in [3.63, 3.8) is 0 Å². The smallest absolute Gasteiger partial charge is 0.0992 e. The van der Waals surface area contributed by atoms with Crippen LogP contribution in [0.4, 0.5) is 11.4 Å². The fourth-order valence-electron chi connectivity index (χ4n) is 3.22. The van der Waals surface area contributed by atoms with E-state index in [1.54, 1.807) is 0 Å². The largest absolute Gasteiger partial charge is 0.376 e. The molecule has 0 amide bonds. The number of hydrogen-bond acceptors (Lipinski definition) is 3. The Balaban J connectivity index is 1.99. The van der Waals surface area contributed by atoms with Gasteiger partial charge in [0.05, 0.1) is 28.5 Å². The van der Waals surface area contributed by atoms with Crippen LogP contribution in [0.1, 0.15) is 31.2 Å². The van der Waals surface area contributed by atoms with E-state index in [0.717, 1.165) is 17.8 Å². The van der Waals surface area contributed by atoms with Gasteiger partial charge in [0.25, 0.3) is 0 Å². The summed E-state index contributed by atoms with van der Waals surface area (Å²) in [5.74, 6) is 0. The highest BCUT2D eigenvalue weighted by molar-refractivity contribution is 5.75. The molecule has 17 heavy (non-hydrogen) atoms. The molecule has 1 N–H and O–H groups in total. The van der Waals surface area contributed by atoms with Gasteiger partial charge in [0.2, 0.25) is 0 Å². The van der Waals surface area contributed by atoms with Crippen LogP contribution in [0.2, 0.25) is 0 Å². The normalized spacial score (nSPS) is 20.8. The van der Waals surface area contributed by atoms with E-state index >= 15 is 0 Å². The zero-order valence-electron chi connectivity index (χ0n) is 10.2. The molecule has 3 nitrogen and oxygen atoms in total. The first-order valence-electron chi connectivity index (χ1n) is 6.26. The summed E-state index contributed by atoms with van der Waals surface area (Å²) in [5.41, 5.74) is 3.34. The molecule has 0 radical (unpaired) electrons. The summed E-state index contributed by atoms with van der Waals surface area (Å²) in [4.78, 5) is 2.29. The molecular weight excluding hydrogens is 210 g/mol. The van der Waals surface area contributed by atoms with Crippen LogP contribution >= 0.6 is 0 Å². The highest BCUT2D eigenvalue weighted by atomic mass is 15.2. The molecule has 1 aromatic rings. The number of nitrogens with one attached hydrogen (secondary N) is 1. The van der Waals surface area contributed by atoms with Crippen molar-refractivity contribution in [2.24, 2.45) is 0 Å². The highest BCUT2D eigenvalue weighted by Gasteiger charge is 2.38. The average molecular weight is 227 g/mol. The van der Waals surface area contributed by atoms with E-state index in [2.05, 4.69) is 23.3 Å². The van der Waals surface area contributed by atoms with Crippen LogP contribution in [0.15, 0.2) is 18.2 Å². The minimum absolute atomic E-state index is 0.274. The minimum atomic E-state index is 0.274. The maximum absolute atomic E-state index is 8.94. The number of rotatable bonds is 0. The van der Waals surface area contributed by atoms with Gasteiger partial charge in [-0.05, 0) is 31.0 Å². The number of anilines is 2. The van der Waals surface area contributed by atoms with Crippen molar-refractivity contribution < 1.29 is 0 Å². The lowest BCUT2D eigenvalue weighted by molar-refractivity contribution is 0.472. The molecular formula is C14H17N3. The Labute approximate surface area is 102 Å². The van der Waals surface area contributed by atoms with Gasteiger partial charge in [-0.2, -0.15) is 5.26 Å². The van der Waals surface area contributed by atoms with Crippen LogP contribution in [0.25, 0.3) is 0 Å². The van der Waals surface area contributed by atoms with Crippen LogP contribution in [0, 0.1) is 11.3 Å². The van der Waals surface area contributed by atoms with E-state index in [4.69, 9.17) is 5.26 Å². The number of nitrogens with zero attached hydrogens (tertiary/aromatic N) is 2. The van der Waals surface area contributed by atoms with Gasteiger partial charge in [0.15, 0.2) is 0 Å². The number of likely N-dealkylation sites (N-methyl/N-ethyl adjacent to an activating group) is 1. The first kappa shape index (κ1) is 10.5. The molecule has 1 fully saturated rings. The summed E-state index contributed by atoms with van der Waals surface area (Å²) < 4.78 is 0. The Hall–Kier alpha value is -1.69. The Morgan fingerprint density at radius 1 is 1.35 bits per heavy atom. The van der Waals surface area contributed by atoms with Crippen molar-refractivity contribution in [1.29, 1.82) is 5.26 Å². The third-order valence-corrected chi connectivity index (χ3v) is 4.04. The number of benzene rings is 1. The molecule has 2 aliphatic rings. The van der Waals surface area contributed by atoms with Gasteiger partial charge in [-0.15, -0.1) is 0 Å². The summed E-state index contributed by atoms with van der Waals surface area (Å²) in [6.45, 7) is 1.05. The molecule has 0 unspecified atom stereocenters. The van der Waals surface area contributed by atoms with E-state index < -0.39 is 0 Å². The van der Waals surface area contributed by atoms with E-state index in [1.165, 1.54) is 31.4 Å². The standard InChI is InChI=1S/C14H17N3/c1-17-10-14(6-2-3-7-14)16-12-5-4-11(9-15)8-13(12)17/h4-5,8,16H,2-3,6-7,10H2,1H3. The zero-order valence-corrected chi connectivity index (χ0v) is 10.2. The Morgan fingerprint density at radius 3 is 2.82 bits per heavy atom. The maximum Gasteiger partial charge on any atom is 0.0992 e. The summed E-state index contributed by atoms with van der Waals surface area (Å²) in [6.07, 6.45) is 5.17. The monoisotopic (exact) mass is 227 g/mol. The molecule has 1 aliphatic heterocycles. The molecule has 1 aromatic carbocycles. The summed E-state index contributed by atoms with van der Waals surface area (Å²) in [6, 6.07) is 8.12. The molecule has 1 aliphatic carbocycles. The molecule has 1 heterocycles. The maximum atomic E-state index is 8.94. The average Bonchev–Trinajstić information content (AvgIpc) is 2.77. The van der Waals surface area contributed by atoms with Gasteiger partial charge in [-0.25, -0.2) is 0 Å². The Morgan fingerprint density at radius 2 is 2.12 bits per heavy atom. The number of hydrogen-bond donors (Lipinski definition) is 1. The second kappa shape index (κ2) is 3.66. The first-order chi connectivity index (χ1) is 8.22. The van der Waals surface area contributed by atoms with Crippen molar-refractivity contribution in [3.8, 4) is 6.07 Å². The number of fused-ring (bicyclic) bond motifs is 1. The van der Waals surface area contributed by atoms with Crippen LogP contribution in [-0.2, 0) is 0 Å². The minimum Gasteiger partial charge on any atom is -0.376 e. The summed E-state index contributed by atoms with van der Waals surface area (Å²) >= 11 is 0. The fourth-order valence-corrected chi connectivity index (χ4v) is 3.22. The predicted molar refractivity (Wildman–Crippen MR) is 69.2 cm³/mol. The molecule has 0 atom stereocenters. The van der Waals surface area contributed by atoms with Crippen molar-refractivity contribution >= 4 is 11.4 Å². The number of nitriles is 1. The van der Waals surface area contributed by atoms with Crippen LogP contribution in [-0.4, -0.2) is 19.1 Å². The molecule has 88 valence electrons. The lowest BCUT2D eigenvalue weighted by Gasteiger charge is -2.42. The van der Waals surface area contributed by atoms with E-state index in [0.29, 0.717) is 0 Å². The topological polar surface area (TPSA) is 39.1 Å². The van der Waals surface area contributed by atoms with E-state index in [1.807, 2.05) is 18.2 Å². The zero-order chi connectivity index (χ0) is 11.9. The molecule has 0 aromatic heterocycles. The predicted octanol–water partition coefficient (Wildman–Crippen LogP) is 2.73. The molecule has 0 saturated heterocycles. The van der Waals surface area contributed by atoms with Crippen LogP contribution in [0.5, 0.6) is 0 Å².